The molecule has 4 aliphatic carbocycles. The van der Waals surface area contributed by atoms with Gasteiger partial charge in [-0.05, 0) is 121 Å². The first-order chi connectivity index (χ1) is 16.3. The molecule has 0 amide bonds. The van der Waals surface area contributed by atoms with Crippen molar-refractivity contribution in [1.29, 1.82) is 0 Å². The molecule has 0 atom stereocenters. The van der Waals surface area contributed by atoms with E-state index in [0.717, 1.165) is 51.8 Å². The van der Waals surface area contributed by atoms with E-state index in [-0.39, 0.29) is 11.2 Å². The predicted molar refractivity (Wildman–Crippen MR) is 135 cm³/mol. The van der Waals surface area contributed by atoms with E-state index in [2.05, 4.69) is 18.2 Å². The molecule has 4 heteroatoms. The molecule has 4 saturated carbocycles. The van der Waals surface area contributed by atoms with Crippen molar-refractivity contribution in [1.82, 2.24) is 0 Å². The number of carbonyl (C=O) groups excluding carboxylic acids is 1. The summed E-state index contributed by atoms with van der Waals surface area (Å²) in [5.41, 5.74) is 5.34. The van der Waals surface area contributed by atoms with Crippen molar-refractivity contribution in [3.05, 3.63) is 65.2 Å². The maximum absolute atomic E-state index is 11.7. The van der Waals surface area contributed by atoms with E-state index in [9.17, 15) is 9.59 Å². The normalized spacial score (nSPS) is 27.5. The number of aliphatic carboxylic acids is 1. The maximum Gasteiger partial charge on any atom is 0.328 e. The van der Waals surface area contributed by atoms with Crippen LogP contribution in [0.2, 0.25) is 0 Å². The topological polar surface area (TPSA) is 63.6 Å². The zero-order valence-electron chi connectivity index (χ0n) is 19.9. The number of ketones is 1. The molecule has 2 aromatic carbocycles. The molecule has 0 saturated heterocycles. The molecular formula is C30H32O4. The lowest BCUT2D eigenvalue weighted by molar-refractivity contribution is -0.131. The second-order valence-corrected chi connectivity index (χ2v) is 10.6. The first kappa shape index (κ1) is 22.6. The third-order valence-electron chi connectivity index (χ3n) is 8.11. The number of hydrogen-bond acceptors (Lipinski definition) is 3. The van der Waals surface area contributed by atoms with E-state index >= 15 is 0 Å². The monoisotopic (exact) mass is 456 g/mol. The fourth-order valence-electron chi connectivity index (χ4n) is 7.19. The van der Waals surface area contributed by atoms with Gasteiger partial charge in [0.1, 0.15) is 5.75 Å². The minimum atomic E-state index is -0.986. The predicted octanol–water partition coefficient (Wildman–Crippen LogP) is 6.53. The van der Waals surface area contributed by atoms with E-state index in [4.69, 9.17) is 9.84 Å². The zero-order chi connectivity index (χ0) is 23.9. The van der Waals surface area contributed by atoms with Crippen LogP contribution in [0.15, 0.2) is 48.6 Å². The highest BCUT2D eigenvalue weighted by Crippen LogP contribution is 2.62. The van der Waals surface area contributed by atoms with Crippen LogP contribution in [0.4, 0.5) is 0 Å². The Balaban J connectivity index is 1.59. The first-order valence-corrected chi connectivity index (χ1v) is 12.3. The SMILES string of the molecule is COc1ccc(-c2ccc(/C=C/C(=O)O)cc2/C=C/C(C)=O)cc1C12CC3CC(CC(C3)C1)C2. The standard InChI is InChI=1S/C30H32O4/c1-19(31)3-6-24-14-20(5-10-29(32)33)4-8-26(24)25-7-9-28(34-2)27(15-25)30-16-21-11-22(17-30)13-23(12-21)18-30/h3-10,14-15,21-23H,11-13,16-18H2,1-2H3,(H,32,33)/b6-3+,10-5+. The number of rotatable bonds is 7. The van der Waals surface area contributed by atoms with Crippen LogP contribution in [0.3, 0.4) is 0 Å². The van der Waals surface area contributed by atoms with E-state index in [1.165, 1.54) is 51.0 Å². The van der Waals surface area contributed by atoms with E-state index in [1.54, 1.807) is 19.3 Å². The number of benzene rings is 2. The van der Waals surface area contributed by atoms with E-state index in [1.807, 2.05) is 24.3 Å². The van der Waals surface area contributed by atoms with Gasteiger partial charge in [-0.25, -0.2) is 4.79 Å². The smallest absolute Gasteiger partial charge is 0.328 e. The molecule has 4 nitrogen and oxygen atoms in total. The van der Waals surface area contributed by atoms with Gasteiger partial charge in [-0.15, -0.1) is 0 Å². The van der Waals surface area contributed by atoms with Gasteiger partial charge in [0, 0.05) is 11.6 Å². The van der Waals surface area contributed by atoms with Gasteiger partial charge >= 0.3 is 5.97 Å². The van der Waals surface area contributed by atoms with Crippen molar-refractivity contribution in [2.45, 2.75) is 50.9 Å². The number of carboxylic acid groups (broad SMARTS) is 1. The van der Waals surface area contributed by atoms with Crippen LogP contribution in [0.25, 0.3) is 23.3 Å². The van der Waals surface area contributed by atoms with Gasteiger partial charge in [-0.3, -0.25) is 4.79 Å². The number of ether oxygens (including phenoxy) is 1. The summed E-state index contributed by atoms with van der Waals surface area (Å²) < 4.78 is 5.89. The van der Waals surface area contributed by atoms with Gasteiger partial charge in [0.2, 0.25) is 0 Å². The summed E-state index contributed by atoms with van der Waals surface area (Å²) in [7, 11) is 1.77. The Morgan fingerprint density at radius 3 is 2.21 bits per heavy atom. The molecule has 1 N–H and O–H groups in total. The van der Waals surface area contributed by atoms with Crippen LogP contribution in [0, 0.1) is 17.8 Å². The van der Waals surface area contributed by atoms with Crippen molar-refractivity contribution >= 4 is 23.9 Å². The number of allylic oxidation sites excluding steroid dienone is 1. The maximum atomic E-state index is 11.7. The molecule has 0 unspecified atom stereocenters. The summed E-state index contributed by atoms with van der Waals surface area (Å²) in [4.78, 5) is 22.6. The molecule has 0 spiro atoms. The van der Waals surface area contributed by atoms with Gasteiger partial charge < -0.3 is 9.84 Å². The molecule has 0 heterocycles. The third-order valence-corrected chi connectivity index (χ3v) is 8.11. The van der Waals surface area contributed by atoms with Crippen molar-refractivity contribution in [3.63, 3.8) is 0 Å². The fourth-order valence-corrected chi connectivity index (χ4v) is 7.19. The molecule has 4 aliphatic rings. The molecule has 176 valence electrons. The second-order valence-electron chi connectivity index (χ2n) is 10.6. The first-order valence-electron chi connectivity index (χ1n) is 12.3. The molecule has 0 radical (unpaired) electrons. The Morgan fingerprint density at radius 2 is 1.62 bits per heavy atom. The lowest BCUT2D eigenvalue weighted by Gasteiger charge is -2.57. The minimum absolute atomic E-state index is 0.0265. The summed E-state index contributed by atoms with van der Waals surface area (Å²) in [6.07, 6.45) is 14.1. The van der Waals surface area contributed by atoms with E-state index in [0.29, 0.717) is 0 Å². The third kappa shape index (κ3) is 4.34. The number of carboxylic acids is 1. The van der Waals surface area contributed by atoms with Crippen LogP contribution in [-0.2, 0) is 15.0 Å². The summed E-state index contributed by atoms with van der Waals surface area (Å²) in [6, 6.07) is 12.4. The van der Waals surface area contributed by atoms with Gasteiger partial charge in [-0.2, -0.15) is 0 Å². The van der Waals surface area contributed by atoms with Crippen molar-refractivity contribution in [2.24, 2.45) is 17.8 Å². The minimum Gasteiger partial charge on any atom is -0.496 e. The van der Waals surface area contributed by atoms with E-state index < -0.39 is 5.97 Å². The van der Waals surface area contributed by atoms with Crippen LogP contribution < -0.4 is 4.74 Å². The van der Waals surface area contributed by atoms with Crippen LogP contribution >= 0.6 is 0 Å². The Hall–Kier alpha value is -3.14. The fraction of sp³-hybridized carbons (Fsp3) is 0.400. The highest BCUT2D eigenvalue weighted by atomic mass is 16.5. The van der Waals surface area contributed by atoms with Crippen LogP contribution in [0.1, 0.15) is 62.1 Å². The average molecular weight is 457 g/mol. The Morgan fingerprint density at radius 1 is 0.941 bits per heavy atom. The van der Waals surface area contributed by atoms with Crippen LogP contribution in [-0.4, -0.2) is 24.0 Å². The lowest BCUT2D eigenvalue weighted by atomic mass is 9.48. The Labute approximate surface area is 201 Å². The number of methoxy groups -OCH3 is 1. The molecule has 2 aromatic rings. The second kappa shape index (κ2) is 8.90. The molecule has 6 rings (SSSR count). The summed E-state index contributed by atoms with van der Waals surface area (Å²) in [5.74, 6) is 2.49. The molecule has 34 heavy (non-hydrogen) atoms. The highest BCUT2D eigenvalue weighted by Gasteiger charge is 2.52. The van der Waals surface area contributed by atoms with Gasteiger partial charge in [0.05, 0.1) is 7.11 Å². The largest absolute Gasteiger partial charge is 0.496 e. The zero-order valence-corrected chi connectivity index (χ0v) is 19.9. The molecular weight excluding hydrogens is 424 g/mol. The van der Waals surface area contributed by atoms with Gasteiger partial charge in [0.25, 0.3) is 0 Å². The van der Waals surface area contributed by atoms with Crippen molar-refractivity contribution in [3.8, 4) is 16.9 Å². The summed E-state index contributed by atoms with van der Waals surface area (Å²) in [6.45, 7) is 1.53. The number of carbonyl (C=O) groups is 2. The Bertz CT molecular complexity index is 1150. The molecule has 4 fully saturated rings. The van der Waals surface area contributed by atoms with Crippen molar-refractivity contribution < 1.29 is 19.4 Å². The van der Waals surface area contributed by atoms with Crippen LogP contribution in [0.5, 0.6) is 5.75 Å². The molecule has 0 aromatic heterocycles. The van der Waals surface area contributed by atoms with Gasteiger partial charge in [-0.1, -0.05) is 24.3 Å². The summed E-state index contributed by atoms with van der Waals surface area (Å²) in [5, 5.41) is 8.99. The molecule has 4 bridgehead atoms. The van der Waals surface area contributed by atoms with Gasteiger partial charge in [0.15, 0.2) is 5.78 Å². The van der Waals surface area contributed by atoms with Crippen molar-refractivity contribution in [2.75, 3.05) is 7.11 Å². The molecule has 0 aliphatic heterocycles. The quantitative estimate of drug-likeness (QED) is 0.481. The highest BCUT2D eigenvalue weighted by molar-refractivity contribution is 5.93. The number of hydrogen-bond donors (Lipinski definition) is 1. The average Bonchev–Trinajstić information content (AvgIpc) is 2.80. The Kier molecular flexibility index (Phi) is 5.93. The summed E-state index contributed by atoms with van der Waals surface area (Å²) >= 11 is 0. The lowest BCUT2D eigenvalue weighted by Crippen LogP contribution is -2.48.